The summed E-state index contributed by atoms with van der Waals surface area (Å²) in [6.07, 6.45) is 7.54. The second-order valence-corrected chi connectivity index (χ2v) is 6.44. The Morgan fingerprint density at radius 3 is 3.24 bits per heavy atom. The average Bonchev–Trinajstić information content (AvgIpc) is 2.82. The molecule has 2 fully saturated rings. The number of thiazole rings is 1. The summed E-state index contributed by atoms with van der Waals surface area (Å²) in [5.74, 6) is 0.491. The molecule has 1 saturated carbocycles. The summed E-state index contributed by atoms with van der Waals surface area (Å²) in [5.41, 5.74) is -0.350. The summed E-state index contributed by atoms with van der Waals surface area (Å²) in [7, 11) is 0. The summed E-state index contributed by atoms with van der Waals surface area (Å²) in [5, 5.41) is 13.8. The van der Waals surface area contributed by atoms with E-state index in [2.05, 4.69) is 9.88 Å². The second kappa shape index (κ2) is 4.67. The van der Waals surface area contributed by atoms with E-state index in [9.17, 15) is 5.11 Å². The third kappa shape index (κ3) is 2.39. The van der Waals surface area contributed by atoms with Gasteiger partial charge in [0.1, 0.15) is 5.01 Å². The Morgan fingerprint density at radius 1 is 1.47 bits per heavy atom. The first-order chi connectivity index (χ1) is 8.26. The first kappa shape index (κ1) is 11.6. The largest absolute Gasteiger partial charge is 0.390 e. The van der Waals surface area contributed by atoms with Crippen LogP contribution in [-0.2, 0) is 6.54 Å². The molecule has 1 N–H and O–H groups in total. The van der Waals surface area contributed by atoms with Gasteiger partial charge in [0.15, 0.2) is 0 Å². The van der Waals surface area contributed by atoms with E-state index < -0.39 is 0 Å². The maximum atomic E-state index is 10.6. The summed E-state index contributed by atoms with van der Waals surface area (Å²) >= 11 is 1.73. The molecular weight excluding hydrogens is 232 g/mol. The number of hydrogen-bond donors (Lipinski definition) is 1. The topological polar surface area (TPSA) is 36.4 Å². The fourth-order valence-corrected chi connectivity index (χ4v) is 3.96. The van der Waals surface area contributed by atoms with Crippen LogP contribution in [0.1, 0.15) is 37.1 Å². The quantitative estimate of drug-likeness (QED) is 0.877. The molecule has 17 heavy (non-hydrogen) atoms. The van der Waals surface area contributed by atoms with Gasteiger partial charge in [0, 0.05) is 30.6 Å². The fourth-order valence-electron chi connectivity index (χ4n) is 3.31. The smallest absolute Gasteiger partial charge is 0.107 e. The zero-order valence-corrected chi connectivity index (χ0v) is 11.0. The number of piperidine rings is 1. The van der Waals surface area contributed by atoms with Crippen LogP contribution < -0.4 is 0 Å². The van der Waals surface area contributed by atoms with Crippen molar-refractivity contribution in [2.75, 3.05) is 13.1 Å². The Morgan fingerprint density at radius 2 is 2.41 bits per heavy atom. The highest BCUT2D eigenvalue weighted by molar-refractivity contribution is 7.09. The van der Waals surface area contributed by atoms with E-state index in [1.807, 2.05) is 11.6 Å². The number of aliphatic hydroxyl groups is 1. The van der Waals surface area contributed by atoms with Crippen LogP contribution in [0.3, 0.4) is 0 Å². The van der Waals surface area contributed by atoms with E-state index in [1.165, 1.54) is 24.3 Å². The SMILES string of the molecule is OC12CCCCC1CN(Cc1nccs1)CC2. The van der Waals surface area contributed by atoms with Crippen LogP contribution in [0.15, 0.2) is 11.6 Å². The van der Waals surface area contributed by atoms with Gasteiger partial charge in [-0.15, -0.1) is 11.3 Å². The van der Waals surface area contributed by atoms with Gasteiger partial charge in [0.2, 0.25) is 0 Å². The molecule has 0 spiro atoms. The van der Waals surface area contributed by atoms with Crippen LogP contribution >= 0.6 is 11.3 Å². The third-order valence-electron chi connectivity index (χ3n) is 4.35. The van der Waals surface area contributed by atoms with Crippen LogP contribution in [-0.4, -0.2) is 33.7 Å². The summed E-state index contributed by atoms with van der Waals surface area (Å²) < 4.78 is 0. The molecule has 0 amide bonds. The Hall–Kier alpha value is -0.450. The molecular formula is C13H20N2OS. The molecule has 2 atom stereocenters. The second-order valence-electron chi connectivity index (χ2n) is 5.46. The monoisotopic (exact) mass is 252 g/mol. The van der Waals surface area contributed by atoms with Crippen molar-refractivity contribution in [2.24, 2.45) is 5.92 Å². The molecule has 94 valence electrons. The molecule has 4 heteroatoms. The lowest BCUT2D eigenvalue weighted by atomic mass is 9.71. The van der Waals surface area contributed by atoms with Crippen molar-refractivity contribution >= 4 is 11.3 Å². The van der Waals surface area contributed by atoms with Crippen molar-refractivity contribution in [3.8, 4) is 0 Å². The third-order valence-corrected chi connectivity index (χ3v) is 5.12. The van der Waals surface area contributed by atoms with Crippen molar-refractivity contribution < 1.29 is 5.11 Å². The summed E-state index contributed by atoms with van der Waals surface area (Å²) in [4.78, 5) is 6.81. The fraction of sp³-hybridized carbons (Fsp3) is 0.769. The molecule has 0 bridgehead atoms. The molecule has 3 nitrogen and oxygen atoms in total. The average molecular weight is 252 g/mol. The number of nitrogens with zero attached hydrogens (tertiary/aromatic N) is 2. The van der Waals surface area contributed by atoms with Crippen molar-refractivity contribution in [3.63, 3.8) is 0 Å². The van der Waals surface area contributed by atoms with E-state index in [0.717, 1.165) is 32.5 Å². The Bertz CT molecular complexity index is 368. The van der Waals surface area contributed by atoms with Gasteiger partial charge in [-0.3, -0.25) is 4.90 Å². The van der Waals surface area contributed by atoms with Crippen LogP contribution in [0.5, 0.6) is 0 Å². The molecule has 0 radical (unpaired) electrons. The molecule has 1 saturated heterocycles. The predicted octanol–water partition coefficient (Wildman–Crippen LogP) is 2.27. The van der Waals surface area contributed by atoms with Gasteiger partial charge in [0.05, 0.1) is 12.1 Å². The highest BCUT2D eigenvalue weighted by atomic mass is 32.1. The first-order valence-corrected chi connectivity index (χ1v) is 7.47. The maximum absolute atomic E-state index is 10.6. The molecule has 1 aromatic rings. The lowest BCUT2D eigenvalue weighted by molar-refractivity contribution is -0.0967. The van der Waals surface area contributed by atoms with Crippen molar-refractivity contribution in [2.45, 2.75) is 44.2 Å². The van der Waals surface area contributed by atoms with Gasteiger partial charge in [0.25, 0.3) is 0 Å². The highest BCUT2D eigenvalue weighted by Gasteiger charge is 2.42. The number of fused-ring (bicyclic) bond motifs is 1. The van der Waals surface area contributed by atoms with Crippen LogP contribution in [0, 0.1) is 5.92 Å². The Kier molecular flexibility index (Phi) is 3.19. The van der Waals surface area contributed by atoms with Gasteiger partial charge < -0.3 is 5.11 Å². The zero-order chi connectivity index (χ0) is 11.7. The standard InChI is InChI=1S/C13H20N2OS/c16-13-4-2-1-3-11(13)9-15(7-5-13)10-12-14-6-8-17-12/h6,8,11,16H,1-5,7,9-10H2. The van der Waals surface area contributed by atoms with E-state index >= 15 is 0 Å². The van der Waals surface area contributed by atoms with Crippen LogP contribution in [0.25, 0.3) is 0 Å². The molecule has 1 aromatic heterocycles. The highest BCUT2D eigenvalue weighted by Crippen LogP contribution is 2.40. The van der Waals surface area contributed by atoms with E-state index in [0.29, 0.717) is 5.92 Å². The predicted molar refractivity (Wildman–Crippen MR) is 68.9 cm³/mol. The molecule has 2 unspecified atom stereocenters. The van der Waals surface area contributed by atoms with Crippen LogP contribution in [0.2, 0.25) is 0 Å². The van der Waals surface area contributed by atoms with Gasteiger partial charge >= 0.3 is 0 Å². The molecule has 1 aliphatic heterocycles. The lowest BCUT2D eigenvalue weighted by Crippen LogP contribution is -2.52. The molecule has 1 aliphatic carbocycles. The first-order valence-electron chi connectivity index (χ1n) is 6.59. The number of aromatic nitrogens is 1. The minimum atomic E-state index is -0.350. The number of likely N-dealkylation sites (tertiary alicyclic amines) is 1. The maximum Gasteiger partial charge on any atom is 0.107 e. The van der Waals surface area contributed by atoms with Crippen molar-refractivity contribution in [1.82, 2.24) is 9.88 Å². The normalized spacial score (nSPS) is 34.5. The zero-order valence-electron chi connectivity index (χ0n) is 10.1. The van der Waals surface area contributed by atoms with Gasteiger partial charge in [-0.05, 0) is 19.3 Å². The van der Waals surface area contributed by atoms with Crippen LogP contribution in [0.4, 0.5) is 0 Å². The van der Waals surface area contributed by atoms with Gasteiger partial charge in [-0.1, -0.05) is 12.8 Å². The van der Waals surface area contributed by atoms with Crippen molar-refractivity contribution in [1.29, 1.82) is 0 Å². The molecule has 3 rings (SSSR count). The molecule has 2 heterocycles. The molecule has 2 aliphatic rings. The Balaban J connectivity index is 1.63. The Labute approximate surface area is 106 Å². The number of rotatable bonds is 2. The van der Waals surface area contributed by atoms with E-state index in [-0.39, 0.29) is 5.60 Å². The van der Waals surface area contributed by atoms with Crippen molar-refractivity contribution in [3.05, 3.63) is 16.6 Å². The van der Waals surface area contributed by atoms with Gasteiger partial charge in [-0.2, -0.15) is 0 Å². The van der Waals surface area contributed by atoms with E-state index in [4.69, 9.17) is 0 Å². The van der Waals surface area contributed by atoms with Gasteiger partial charge in [-0.25, -0.2) is 4.98 Å². The lowest BCUT2D eigenvalue weighted by Gasteiger charge is -2.47. The molecule has 0 aromatic carbocycles. The summed E-state index contributed by atoms with van der Waals surface area (Å²) in [6, 6.07) is 0. The minimum Gasteiger partial charge on any atom is -0.390 e. The summed E-state index contributed by atoms with van der Waals surface area (Å²) in [6.45, 7) is 3.03. The minimum absolute atomic E-state index is 0.350. The van der Waals surface area contributed by atoms with E-state index in [1.54, 1.807) is 11.3 Å². The number of hydrogen-bond acceptors (Lipinski definition) is 4.